The Hall–Kier alpha value is -3.82. The van der Waals surface area contributed by atoms with Crippen LogP contribution in [0.5, 0.6) is 11.5 Å². The lowest BCUT2D eigenvalue weighted by Crippen LogP contribution is -2.42. The number of esters is 1. The molecule has 0 aliphatic rings. The van der Waals surface area contributed by atoms with E-state index in [0.717, 1.165) is 18.6 Å². The fraction of sp³-hybridized carbons (Fsp3) is 0.500. The van der Waals surface area contributed by atoms with E-state index in [9.17, 15) is 54.5 Å². The first-order chi connectivity index (χ1) is 24.0. The van der Waals surface area contributed by atoms with Gasteiger partial charge in [-0.3, -0.25) is 4.79 Å². The highest BCUT2D eigenvalue weighted by atomic mass is 19.4. The Morgan fingerprint density at radius 1 is 0.698 bits per heavy atom. The average Bonchev–Trinajstić information content (AvgIpc) is 3.05. The standard InChI is InChI=1S/C20H23F3O2.C18H22F6O4/c1-5-14(3)15-6-8-18(9-7-15)25-19(24-4)16-10-13(2)11-17(12-16)20(21,22)23;1-6-14(2,3)13(25)28-12-8-10(15(4,26)17(19,20)21)7-11(9-12)16(5,27)18(22,23)24/h6-12,14,19H,5H2,1-4H3;7-9,26-27H,6H2,1-5H3. The molecule has 0 heterocycles. The zero-order valence-electron chi connectivity index (χ0n) is 30.8. The molecule has 53 heavy (non-hydrogen) atoms. The highest BCUT2D eigenvalue weighted by Gasteiger charge is 2.54. The first-order valence-corrected chi connectivity index (χ1v) is 16.5. The van der Waals surface area contributed by atoms with Crippen LogP contribution in [0.3, 0.4) is 0 Å². The molecule has 4 unspecified atom stereocenters. The number of hydrogen-bond donors (Lipinski definition) is 2. The van der Waals surface area contributed by atoms with Gasteiger partial charge in [0.15, 0.2) is 11.2 Å². The third kappa shape index (κ3) is 11.3. The second kappa shape index (κ2) is 16.7. The van der Waals surface area contributed by atoms with E-state index in [1.807, 2.05) is 24.3 Å². The molecule has 3 aromatic rings. The summed E-state index contributed by atoms with van der Waals surface area (Å²) in [5, 5.41) is 19.7. The molecule has 4 atom stereocenters. The number of hydrogen-bond acceptors (Lipinski definition) is 6. The first kappa shape index (κ1) is 45.3. The van der Waals surface area contributed by atoms with Gasteiger partial charge >= 0.3 is 24.5 Å². The predicted molar refractivity (Wildman–Crippen MR) is 179 cm³/mol. The molecular formula is C38H45F9O6. The number of ether oxygens (including phenoxy) is 3. The highest BCUT2D eigenvalue weighted by molar-refractivity contribution is 5.78. The van der Waals surface area contributed by atoms with Crippen molar-refractivity contribution in [2.24, 2.45) is 5.41 Å². The van der Waals surface area contributed by atoms with Crippen LogP contribution in [0.4, 0.5) is 39.5 Å². The lowest BCUT2D eigenvalue weighted by molar-refractivity contribution is -0.261. The lowest BCUT2D eigenvalue weighted by Gasteiger charge is -2.31. The molecule has 3 rings (SSSR count). The van der Waals surface area contributed by atoms with Crippen LogP contribution in [0.25, 0.3) is 0 Å². The minimum Gasteiger partial charge on any atom is -0.461 e. The summed E-state index contributed by atoms with van der Waals surface area (Å²) >= 11 is 0. The summed E-state index contributed by atoms with van der Waals surface area (Å²) in [6, 6.07) is 13.0. The van der Waals surface area contributed by atoms with Crippen molar-refractivity contribution >= 4 is 5.97 Å². The molecule has 6 nitrogen and oxygen atoms in total. The molecule has 2 N–H and O–H groups in total. The third-order valence-electron chi connectivity index (χ3n) is 9.00. The lowest BCUT2D eigenvalue weighted by atomic mass is 9.87. The van der Waals surface area contributed by atoms with Crippen molar-refractivity contribution in [2.45, 2.75) is 110 Å². The van der Waals surface area contributed by atoms with E-state index in [1.54, 1.807) is 19.9 Å². The molecule has 0 fully saturated rings. The molecule has 0 saturated heterocycles. The summed E-state index contributed by atoms with van der Waals surface area (Å²) in [4.78, 5) is 12.2. The van der Waals surface area contributed by atoms with Crippen LogP contribution >= 0.6 is 0 Å². The number of halogens is 9. The van der Waals surface area contributed by atoms with Crippen molar-refractivity contribution in [2.75, 3.05) is 7.11 Å². The topological polar surface area (TPSA) is 85.2 Å². The Bertz CT molecular complexity index is 1630. The van der Waals surface area contributed by atoms with Crippen LogP contribution < -0.4 is 9.47 Å². The number of methoxy groups -OCH3 is 1. The van der Waals surface area contributed by atoms with E-state index < -0.39 is 69.8 Å². The maximum Gasteiger partial charge on any atom is 0.421 e. The molecule has 0 aliphatic heterocycles. The van der Waals surface area contributed by atoms with Gasteiger partial charge in [0.2, 0.25) is 6.29 Å². The van der Waals surface area contributed by atoms with Crippen LogP contribution in [0.15, 0.2) is 60.7 Å². The first-order valence-electron chi connectivity index (χ1n) is 16.5. The molecule has 0 bridgehead atoms. The molecular weight excluding hydrogens is 723 g/mol. The summed E-state index contributed by atoms with van der Waals surface area (Å²) in [5.74, 6) is -0.558. The van der Waals surface area contributed by atoms with Gasteiger partial charge in [-0.05, 0) is 119 Å². The Balaban J connectivity index is 0.000000369. The van der Waals surface area contributed by atoms with Crippen molar-refractivity contribution in [1.29, 1.82) is 0 Å². The van der Waals surface area contributed by atoms with E-state index >= 15 is 0 Å². The Morgan fingerprint density at radius 2 is 1.19 bits per heavy atom. The number of rotatable bonds is 11. The summed E-state index contributed by atoms with van der Waals surface area (Å²) in [6.07, 6.45) is -14.5. The number of carbonyl (C=O) groups is 1. The third-order valence-corrected chi connectivity index (χ3v) is 9.00. The van der Waals surface area contributed by atoms with Gasteiger partial charge in [0.05, 0.1) is 11.0 Å². The van der Waals surface area contributed by atoms with Crippen LogP contribution in [0, 0.1) is 12.3 Å². The monoisotopic (exact) mass is 768 g/mol. The fourth-order valence-electron chi connectivity index (χ4n) is 4.54. The molecule has 0 spiro atoms. The van der Waals surface area contributed by atoms with Crippen LogP contribution in [0.1, 0.15) is 107 Å². The molecule has 0 aliphatic carbocycles. The quantitative estimate of drug-likeness (QED) is 0.0875. The maximum atomic E-state index is 13.2. The van der Waals surface area contributed by atoms with Crippen molar-refractivity contribution in [3.63, 3.8) is 0 Å². The Kier molecular flexibility index (Phi) is 14.3. The molecule has 0 aromatic heterocycles. The zero-order valence-corrected chi connectivity index (χ0v) is 30.8. The minimum absolute atomic E-state index is 0.291. The van der Waals surface area contributed by atoms with Gasteiger partial charge in [-0.2, -0.15) is 39.5 Å². The summed E-state index contributed by atoms with van der Waals surface area (Å²) in [7, 11) is 1.41. The maximum absolute atomic E-state index is 13.2. The second-order valence-corrected chi connectivity index (χ2v) is 13.7. The number of carbonyl (C=O) groups excluding carboxylic acids is 1. The smallest absolute Gasteiger partial charge is 0.421 e. The zero-order chi connectivity index (χ0) is 41.0. The van der Waals surface area contributed by atoms with Crippen LogP contribution in [-0.2, 0) is 26.9 Å². The van der Waals surface area contributed by atoms with Crippen LogP contribution in [-0.4, -0.2) is 35.6 Å². The number of aliphatic hydroxyl groups is 2. The van der Waals surface area contributed by atoms with Gasteiger partial charge in [-0.1, -0.05) is 38.5 Å². The van der Waals surface area contributed by atoms with E-state index in [1.165, 1.54) is 26.5 Å². The van der Waals surface area contributed by atoms with Gasteiger partial charge in [-0.25, -0.2) is 0 Å². The Labute approximate surface area is 302 Å². The van der Waals surface area contributed by atoms with Gasteiger partial charge in [0, 0.05) is 12.7 Å². The van der Waals surface area contributed by atoms with E-state index in [0.29, 0.717) is 61.3 Å². The second-order valence-electron chi connectivity index (χ2n) is 13.7. The molecule has 0 amide bonds. The van der Waals surface area contributed by atoms with E-state index in [4.69, 9.17) is 14.2 Å². The average molecular weight is 769 g/mol. The van der Waals surface area contributed by atoms with E-state index in [-0.39, 0.29) is 0 Å². The largest absolute Gasteiger partial charge is 0.461 e. The van der Waals surface area contributed by atoms with Gasteiger partial charge in [0.1, 0.15) is 11.5 Å². The summed E-state index contributed by atoms with van der Waals surface area (Å²) in [5.41, 5.74) is -8.87. The molecule has 3 aromatic carbocycles. The SMILES string of the molecule is CCC(C)(C)C(=O)Oc1cc(C(C)(O)C(F)(F)F)cc(C(C)(O)C(F)(F)F)c1.CCC(C)c1ccc(OC(OC)c2cc(C)cc(C(F)(F)F)c2)cc1. The predicted octanol–water partition coefficient (Wildman–Crippen LogP) is 10.8. The van der Waals surface area contributed by atoms with E-state index in [2.05, 4.69) is 13.8 Å². The normalized spacial score (nSPS) is 16.0. The van der Waals surface area contributed by atoms with Crippen molar-refractivity contribution in [3.05, 3.63) is 94.0 Å². The van der Waals surface area contributed by atoms with Gasteiger partial charge in [0.25, 0.3) is 0 Å². The van der Waals surface area contributed by atoms with Crippen LogP contribution in [0.2, 0.25) is 0 Å². The molecule has 15 heteroatoms. The summed E-state index contributed by atoms with van der Waals surface area (Å²) in [6.45, 7) is 11.2. The Morgan fingerprint density at radius 3 is 1.58 bits per heavy atom. The van der Waals surface area contributed by atoms with Gasteiger partial charge in [-0.15, -0.1) is 0 Å². The minimum atomic E-state index is -5.24. The van der Waals surface area contributed by atoms with Crippen molar-refractivity contribution < 1.29 is 68.7 Å². The van der Waals surface area contributed by atoms with Crippen molar-refractivity contribution in [3.8, 4) is 11.5 Å². The molecule has 296 valence electrons. The fourth-order valence-corrected chi connectivity index (χ4v) is 4.54. The molecule has 0 radical (unpaired) electrons. The molecule has 0 saturated carbocycles. The number of benzene rings is 3. The number of aryl methyl sites for hydroxylation is 1. The summed E-state index contributed by atoms with van der Waals surface area (Å²) < 4.78 is 134. The van der Waals surface area contributed by atoms with Crippen molar-refractivity contribution in [1.82, 2.24) is 0 Å². The van der Waals surface area contributed by atoms with Gasteiger partial charge < -0.3 is 24.4 Å². The number of alkyl halides is 9. The highest BCUT2D eigenvalue weighted by Crippen LogP contribution is 2.45.